The maximum atomic E-state index is 11.6. The maximum absolute atomic E-state index is 11.6. The Kier molecular flexibility index (Phi) is 1.69. The van der Waals surface area contributed by atoms with E-state index < -0.39 is 13.8 Å². The third kappa shape index (κ3) is 1.03. The van der Waals surface area contributed by atoms with Gasteiger partial charge in [-0.2, -0.15) is 0 Å². The first-order valence-corrected chi connectivity index (χ1v) is 6.96. The zero-order valence-corrected chi connectivity index (χ0v) is 9.11. The first-order valence-electron chi connectivity index (χ1n) is 4.41. The first kappa shape index (κ1) is 8.15. The van der Waals surface area contributed by atoms with Crippen molar-refractivity contribution in [3.8, 4) is 5.75 Å². The zero-order chi connectivity index (χ0) is 9.54. The molecule has 0 amide bonds. The van der Waals surface area contributed by atoms with E-state index in [9.17, 15) is 3.83 Å². The van der Waals surface area contributed by atoms with Crippen molar-refractivity contribution >= 4 is 30.4 Å². The molecule has 70 valence electrons. The predicted octanol–water partition coefficient (Wildman–Crippen LogP) is 1.29. The van der Waals surface area contributed by atoms with Gasteiger partial charge in [0.1, 0.15) is 0 Å². The van der Waals surface area contributed by atoms with Crippen LogP contribution < -0.4 is 9.20 Å². The number of ether oxygens (including phenoxy) is 1. The van der Waals surface area contributed by atoms with Gasteiger partial charge in [-0.05, 0) is 0 Å². The van der Waals surface area contributed by atoms with Crippen LogP contribution in [0.25, 0.3) is 12.2 Å². The molecule has 0 radical (unpaired) electrons. The molecule has 0 spiro atoms. The summed E-state index contributed by atoms with van der Waals surface area (Å²) in [6.45, 7) is 0.612. The topological polar surface area (TPSA) is 26.3 Å². The van der Waals surface area contributed by atoms with Gasteiger partial charge in [-0.1, -0.05) is 0 Å². The van der Waals surface area contributed by atoms with Crippen molar-refractivity contribution in [3.63, 3.8) is 0 Å². The Bertz CT molecular complexity index is 486. The Morgan fingerprint density at radius 2 is 2.21 bits per heavy atom. The molecule has 2 heterocycles. The van der Waals surface area contributed by atoms with Crippen LogP contribution in [-0.4, -0.2) is 20.4 Å². The fourth-order valence-corrected chi connectivity index (χ4v) is 3.80. The quantitative estimate of drug-likeness (QED) is 0.649. The Morgan fingerprint density at radius 3 is 3.14 bits per heavy atom. The SMILES string of the molecule is O=[Se]1C=Cc2c1ccc1c2OCC=C1. The Labute approximate surface area is 86.0 Å². The summed E-state index contributed by atoms with van der Waals surface area (Å²) in [5, 5.41) is 0. The molecule has 0 N–H and O–H groups in total. The van der Waals surface area contributed by atoms with E-state index in [0.29, 0.717) is 6.61 Å². The third-order valence-electron chi connectivity index (χ3n) is 2.38. The molecule has 0 saturated carbocycles. The van der Waals surface area contributed by atoms with Gasteiger partial charge in [0.25, 0.3) is 0 Å². The molecule has 0 aliphatic carbocycles. The third-order valence-corrected chi connectivity index (χ3v) is 4.84. The minimum absolute atomic E-state index is 0.612. The van der Waals surface area contributed by atoms with Gasteiger partial charge in [-0.15, -0.1) is 0 Å². The predicted molar refractivity (Wildman–Crippen MR) is 56.1 cm³/mol. The zero-order valence-electron chi connectivity index (χ0n) is 7.40. The molecule has 14 heavy (non-hydrogen) atoms. The van der Waals surface area contributed by atoms with Gasteiger partial charge < -0.3 is 0 Å². The summed E-state index contributed by atoms with van der Waals surface area (Å²) in [4.78, 5) is 1.80. The molecular weight excluding hydrogens is 243 g/mol. The van der Waals surface area contributed by atoms with Gasteiger partial charge in [0.2, 0.25) is 0 Å². The molecule has 1 aromatic rings. The Hall–Kier alpha value is -1.18. The second-order valence-electron chi connectivity index (χ2n) is 3.21. The van der Waals surface area contributed by atoms with Crippen LogP contribution >= 0.6 is 0 Å². The van der Waals surface area contributed by atoms with Gasteiger partial charge in [0.15, 0.2) is 0 Å². The van der Waals surface area contributed by atoms with Crippen LogP contribution in [0.5, 0.6) is 5.75 Å². The first-order chi connectivity index (χ1) is 6.86. The summed E-state index contributed by atoms with van der Waals surface area (Å²) in [5.74, 6) is 0.892. The van der Waals surface area contributed by atoms with Crippen LogP contribution in [0.4, 0.5) is 0 Å². The van der Waals surface area contributed by atoms with Gasteiger partial charge in [0.05, 0.1) is 0 Å². The van der Waals surface area contributed by atoms with Gasteiger partial charge in [-0.3, -0.25) is 0 Å². The van der Waals surface area contributed by atoms with Crippen LogP contribution in [0.1, 0.15) is 11.1 Å². The minimum atomic E-state index is -1.90. The van der Waals surface area contributed by atoms with Crippen LogP contribution in [-0.2, 0) is 3.83 Å². The van der Waals surface area contributed by atoms with E-state index in [4.69, 9.17) is 4.74 Å². The average molecular weight is 251 g/mol. The van der Waals surface area contributed by atoms with E-state index in [1.807, 2.05) is 30.4 Å². The molecular formula is C11H8O2Se. The van der Waals surface area contributed by atoms with Crippen LogP contribution in [0.15, 0.2) is 23.2 Å². The second kappa shape index (κ2) is 2.91. The summed E-state index contributed by atoms with van der Waals surface area (Å²) >= 11 is -1.90. The number of benzene rings is 1. The summed E-state index contributed by atoms with van der Waals surface area (Å²) in [6.07, 6.45) is 5.95. The second-order valence-corrected chi connectivity index (χ2v) is 5.95. The number of rotatable bonds is 0. The van der Waals surface area contributed by atoms with Crippen molar-refractivity contribution in [1.29, 1.82) is 0 Å². The molecule has 1 aromatic carbocycles. The molecule has 3 rings (SSSR count). The van der Waals surface area contributed by atoms with Gasteiger partial charge in [-0.25, -0.2) is 0 Å². The number of hydrogen-bond acceptors (Lipinski definition) is 2. The molecule has 1 atom stereocenters. The molecule has 0 fully saturated rings. The molecule has 0 bridgehead atoms. The summed E-state index contributed by atoms with van der Waals surface area (Å²) in [5.41, 5.74) is 2.10. The van der Waals surface area contributed by atoms with Gasteiger partial charge in [0, 0.05) is 0 Å². The van der Waals surface area contributed by atoms with Crippen molar-refractivity contribution in [2.75, 3.05) is 6.61 Å². The van der Waals surface area contributed by atoms with Crippen molar-refractivity contribution in [2.24, 2.45) is 0 Å². The van der Waals surface area contributed by atoms with Crippen molar-refractivity contribution in [2.45, 2.75) is 0 Å². The molecule has 0 aromatic heterocycles. The normalized spacial score (nSPS) is 21.6. The molecule has 0 saturated heterocycles. The van der Waals surface area contributed by atoms with Gasteiger partial charge >= 0.3 is 85.7 Å². The fraction of sp³-hybridized carbons (Fsp3) is 0.0909. The summed E-state index contributed by atoms with van der Waals surface area (Å²) < 4.78 is 18.1. The van der Waals surface area contributed by atoms with E-state index in [-0.39, 0.29) is 0 Å². The standard InChI is InChI=1S/C11H8O2Se/c12-14-7-5-9-10(14)4-3-8-2-1-6-13-11(8)9/h1-5,7H,6H2. The number of hydrogen-bond donors (Lipinski definition) is 0. The van der Waals surface area contributed by atoms with E-state index in [0.717, 1.165) is 21.3 Å². The Balaban J connectivity index is 2.31. The molecule has 2 aliphatic rings. The number of fused-ring (bicyclic) bond motifs is 3. The summed E-state index contributed by atoms with van der Waals surface area (Å²) in [6, 6.07) is 3.93. The van der Waals surface area contributed by atoms with Crippen LogP contribution in [0.3, 0.4) is 0 Å². The fourth-order valence-electron chi connectivity index (χ4n) is 1.73. The van der Waals surface area contributed by atoms with E-state index in [2.05, 4.69) is 0 Å². The molecule has 2 nitrogen and oxygen atoms in total. The average Bonchev–Trinajstić information content (AvgIpc) is 2.61. The Morgan fingerprint density at radius 1 is 1.29 bits per heavy atom. The van der Waals surface area contributed by atoms with E-state index in [1.165, 1.54) is 0 Å². The monoisotopic (exact) mass is 252 g/mol. The van der Waals surface area contributed by atoms with Crippen LogP contribution in [0.2, 0.25) is 0 Å². The van der Waals surface area contributed by atoms with E-state index in [1.54, 1.807) is 4.97 Å². The van der Waals surface area contributed by atoms with Crippen molar-refractivity contribution in [3.05, 3.63) is 34.3 Å². The van der Waals surface area contributed by atoms with E-state index >= 15 is 0 Å². The van der Waals surface area contributed by atoms with Crippen molar-refractivity contribution in [1.82, 2.24) is 0 Å². The van der Waals surface area contributed by atoms with Crippen LogP contribution in [0, 0.1) is 0 Å². The molecule has 1 unspecified atom stereocenters. The molecule has 3 heteroatoms. The van der Waals surface area contributed by atoms with Crippen molar-refractivity contribution < 1.29 is 8.57 Å². The summed E-state index contributed by atoms with van der Waals surface area (Å²) in [7, 11) is 0. The molecule has 2 aliphatic heterocycles.